The average Bonchev–Trinajstić information content (AvgIpc) is 2.75. The Balaban J connectivity index is 2.04. The number of aromatic nitrogens is 2. The van der Waals surface area contributed by atoms with Gasteiger partial charge >= 0.3 is 0 Å². The van der Waals surface area contributed by atoms with Crippen molar-refractivity contribution in [2.75, 3.05) is 13.7 Å². The van der Waals surface area contributed by atoms with Crippen molar-refractivity contribution in [2.24, 2.45) is 5.92 Å². The van der Waals surface area contributed by atoms with Crippen molar-refractivity contribution >= 4 is 0 Å². The molecular formula is C14H25N3O. The summed E-state index contributed by atoms with van der Waals surface area (Å²) in [6.07, 6.45) is 6.61. The fraction of sp³-hybridized carbons (Fsp3) is 0.786. The summed E-state index contributed by atoms with van der Waals surface area (Å²) < 4.78 is 7.54. The molecule has 2 rings (SSSR count). The van der Waals surface area contributed by atoms with Crippen LogP contribution in [0.25, 0.3) is 0 Å². The standard InChI is InChI=1S/C14H25N3O/c1-4-7-17-13(14(18-3)10-16-17)8-12-6-5-11(2)15-9-12/h10-12,15H,4-9H2,1-3H3. The van der Waals surface area contributed by atoms with E-state index >= 15 is 0 Å². The zero-order valence-corrected chi connectivity index (χ0v) is 11.8. The third-order valence-corrected chi connectivity index (χ3v) is 3.81. The molecule has 0 spiro atoms. The third-order valence-electron chi connectivity index (χ3n) is 3.81. The molecule has 1 aliphatic heterocycles. The van der Waals surface area contributed by atoms with Crippen LogP contribution in [-0.2, 0) is 13.0 Å². The summed E-state index contributed by atoms with van der Waals surface area (Å²) in [6.45, 7) is 6.54. The van der Waals surface area contributed by atoms with Gasteiger partial charge in [0.25, 0.3) is 0 Å². The van der Waals surface area contributed by atoms with Gasteiger partial charge in [-0.15, -0.1) is 0 Å². The van der Waals surface area contributed by atoms with Crippen LogP contribution in [0.1, 0.15) is 38.8 Å². The molecule has 0 bridgehead atoms. The molecule has 0 saturated carbocycles. The molecule has 1 aliphatic rings. The van der Waals surface area contributed by atoms with Crippen LogP contribution in [0, 0.1) is 5.92 Å². The van der Waals surface area contributed by atoms with Gasteiger partial charge in [0.15, 0.2) is 5.75 Å². The van der Waals surface area contributed by atoms with Crippen molar-refractivity contribution in [3.05, 3.63) is 11.9 Å². The molecule has 4 heteroatoms. The summed E-state index contributed by atoms with van der Waals surface area (Å²) in [4.78, 5) is 0. The van der Waals surface area contributed by atoms with Crippen molar-refractivity contribution in [1.29, 1.82) is 0 Å². The van der Waals surface area contributed by atoms with E-state index in [0.717, 1.165) is 31.7 Å². The van der Waals surface area contributed by atoms with Gasteiger partial charge in [0.05, 0.1) is 19.0 Å². The van der Waals surface area contributed by atoms with Crippen LogP contribution in [0.4, 0.5) is 0 Å². The van der Waals surface area contributed by atoms with Crippen LogP contribution in [0.15, 0.2) is 6.20 Å². The van der Waals surface area contributed by atoms with Gasteiger partial charge in [0, 0.05) is 12.6 Å². The minimum absolute atomic E-state index is 0.670. The van der Waals surface area contributed by atoms with Crippen LogP contribution in [0.3, 0.4) is 0 Å². The Kier molecular flexibility index (Phi) is 4.64. The highest BCUT2D eigenvalue weighted by Gasteiger charge is 2.21. The number of ether oxygens (including phenoxy) is 1. The van der Waals surface area contributed by atoms with Crippen LogP contribution >= 0.6 is 0 Å². The number of piperidine rings is 1. The molecule has 0 amide bonds. The minimum Gasteiger partial charge on any atom is -0.493 e. The quantitative estimate of drug-likeness (QED) is 0.872. The van der Waals surface area contributed by atoms with Gasteiger partial charge in [0.1, 0.15) is 0 Å². The molecule has 1 N–H and O–H groups in total. The van der Waals surface area contributed by atoms with Gasteiger partial charge < -0.3 is 10.1 Å². The number of rotatable bonds is 5. The molecule has 4 nitrogen and oxygen atoms in total. The van der Waals surface area contributed by atoms with Gasteiger partial charge in [-0.25, -0.2) is 0 Å². The predicted octanol–water partition coefficient (Wildman–Crippen LogP) is 2.23. The van der Waals surface area contributed by atoms with E-state index in [-0.39, 0.29) is 0 Å². The van der Waals surface area contributed by atoms with Crippen molar-refractivity contribution in [1.82, 2.24) is 15.1 Å². The fourth-order valence-corrected chi connectivity index (χ4v) is 2.68. The lowest BCUT2D eigenvalue weighted by atomic mass is 9.91. The summed E-state index contributed by atoms with van der Waals surface area (Å²) in [6, 6.07) is 0.670. The fourth-order valence-electron chi connectivity index (χ4n) is 2.68. The van der Waals surface area contributed by atoms with Crippen molar-refractivity contribution in [3.63, 3.8) is 0 Å². The summed E-state index contributed by atoms with van der Waals surface area (Å²) in [5.41, 5.74) is 1.26. The zero-order valence-electron chi connectivity index (χ0n) is 11.8. The van der Waals surface area contributed by atoms with Gasteiger partial charge in [-0.1, -0.05) is 6.92 Å². The highest BCUT2D eigenvalue weighted by molar-refractivity contribution is 5.25. The van der Waals surface area contributed by atoms with Crippen molar-refractivity contribution in [3.8, 4) is 5.75 Å². The van der Waals surface area contributed by atoms with Gasteiger partial charge in [-0.3, -0.25) is 4.68 Å². The first kappa shape index (κ1) is 13.4. The summed E-state index contributed by atoms with van der Waals surface area (Å²) in [5.74, 6) is 1.66. The van der Waals surface area contributed by atoms with Gasteiger partial charge in [0.2, 0.25) is 0 Å². The third kappa shape index (κ3) is 3.05. The van der Waals surface area contributed by atoms with Gasteiger partial charge in [-0.05, 0) is 45.1 Å². The first-order valence-corrected chi connectivity index (χ1v) is 7.06. The van der Waals surface area contributed by atoms with E-state index in [1.54, 1.807) is 7.11 Å². The van der Waals surface area contributed by atoms with Crippen LogP contribution in [0.2, 0.25) is 0 Å². The molecule has 2 atom stereocenters. The maximum absolute atomic E-state index is 5.43. The van der Waals surface area contributed by atoms with Crippen molar-refractivity contribution < 1.29 is 4.74 Å². The molecule has 1 aromatic heterocycles. The second kappa shape index (κ2) is 6.23. The normalized spacial score (nSPS) is 24.2. The van der Waals surface area contributed by atoms with E-state index in [1.807, 2.05) is 6.20 Å². The van der Waals surface area contributed by atoms with Crippen LogP contribution in [0.5, 0.6) is 5.75 Å². The lowest BCUT2D eigenvalue weighted by molar-refractivity contribution is 0.312. The summed E-state index contributed by atoms with van der Waals surface area (Å²) >= 11 is 0. The number of hydrogen-bond donors (Lipinski definition) is 1. The molecule has 0 radical (unpaired) electrons. The zero-order chi connectivity index (χ0) is 13.0. The molecule has 2 heterocycles. The van der Waals surface area contributed by atoms with Crippen LogP contribution in [-0.4, -0.2) is 29.5 Å². The maximum Gasteiger partial charge on any atom is 0.159 e. The Morgan fingerprint density at radius 3 is 2.94 bits per heavy atom. The monoisotopic (exact) mass is 251 g/mol. The average molecular weight is 251 g/mol. The highest BCUT2D eigenvalue weighted by atomic mass is 16.5. The number of nitrogens with one attached hydrogen (secondary N) is 1. The Morgan fingerprint density at radius 2 is 2.33 bits per heavy atom. The predicted molar refractivity (Wildman–Crippen MR) is 73.0 cm³/mol. The lowest BCUT2D eigenvalue weighted by Gasteiger charge is -2.27. The summed E-state index contributed by atoms with van der Waals surface area (Å²) in [5, 5.41) is 7.99. The minimum atomic E-state index is 0.670. The number of methoxy groups -OCH3 is 1. The van der Waals surface area contributed by atoms with Gasteiger partial charge in [-0.2, -0.15) is 5.10 Å². The van der Waals surface area contributed by atoms with Crippen LogP contribution < -0.4 is 10.1 Å². The lowest BCUT2D eigenvalue weighted by Crippen LogP contribution is -2.37. The van der Waals surface area contributed by atoms with E-state index < -0.39 is 0 Å². The smallest absolute Gasteiger partial charge is 0.159 e. The number of hydrogen-bond acceptors (Lipinski definition) is 3. The van der Waals surface area contributed by atoms with E-state index in [2.05, 4.69) is 28.9 Å². The summed E-state index contributed by atoms with van der Waals surface area (Å²) in [7, 11) is 1.73. The Hall–Kier alpha value is -1.03. The first-order chi connectivity index (χ1) is 8.74. The molecule has 2 unspecified atom stereocenters. The maximum atomic E-state index is 5.43. The Labute approximate surface area is 110 Å². The molecule has 1 fully saturated rings. The Bertz CT molecular complexity index is 367. The number of nitrogens with zero attached hydrogens (tertiary/aromatic N) is 2. The molecule has 102 valence electrons. The van der Waals surface area contributed by atoms with E-state index in [4.69, 9.17) is 4.74 Å². The molecule has 1 saturated heterocycles. The SMILES string of the molecule is CCCn1ncc(OC)c1CC1CCC(C)NC1. The Morgan fingerprint density at radius 1 is 1.50 bits per heavy atom. The largest absolute Gasteiger partial charge is 0.493 e. The number of aryl methyl sites for hydroxylation is 1. The molecular weight excluding hydrogens is 226 g/mol. The molecule has 0 aromatic carbocycles. The van der Waals surface area contributed by atoms with E-state index in [0.29, 0.717) is 12.0 Å². The second-order valence-corrected chi connectivity index (χ2v) is 5.34. The second-order valence-electron chi connectivity index (χ2n) is 5.34. The molecule has 1 aromatic rings. The van der Waals surface area contributed by atoms with E-state index in [1.165, 1.54) is 18.5 Å². The first-order valence-electron chi connectivity index (χ1n) is 7.06. The van der Waals surface area contributed by atoms with E-state index in [9.17, 15) is 0 Å². The van der Waals surface area contributed by atoms with Crippen molar-refractivity contribution in [2.45, 2.75) is 52.1 Å². The molecule has 18 heavy (non-hydrogen) atoms. The topological polar surface area (TPSA) is 39.1 Å². The molecule has 0 aliphatic carbocycles. The highest BCUT2D eigenvalue weighted by Crippen LogP contribution is 2.25.